The normalized spacial score (nSPS) is 11.5. The summed E-state index contributed by atoms with van der Waals surface area (Å²) in [5, 5.41) is 3.17. The van der Waals surface area contributed by atoms with Gasteiger partial charge in [0, 0.05) is 25.9 Å². The van der Waals surface area contributed by atoms with Crippen molar-refractivity contribution in [2.45, 2.75) is 11.3 Å². The van der Waals surface area contributed by atoms with E-state index in [1.54, 1.807) is 19.2 Å². The second-order valence-corrected chi connectivity index (χ2v) is 6.20. The summed E-state index contributed by atoms with van der Waals surface area (Å²) in [6, 6.07) is 4.78. The van der Waals surface area contributed by atoms with Crippen molar-refractivity contribution in [3.63, 3.8) is 0 Å². The Hall–Kier alpha value is -1.35. The Labute approximate surface area is 125 Å². The van der Waals surface area contributed by atoms with Crippen LogP contribution in [-0.4, -0.2) is 48.9 Å². The fourth-order valence-electron chi connectivity index (χ4n) is 1.66. The molecule has 7 nitrogen and oxygen atoms in total. The van der Waals surface area contributed by atoms with Crippen LogP contribution in [0.2, 0.25) is 0 Å². The maximum atomic E-state index is 11.7. The number of rotatable bonds is 10. The molecule has 0 saturated heterocycles. The molecule has 0 bridgehead atoms. The SMILES string of the molecule is CNS(=O)(=O)c1ccc(NCCCOCCOC)cc1N. The molecular formula is C13H23N3O4S. The van der Waals surface area contributed by atoms with Gasteiger partial charge in [-0.2, -0.15) is 0 Å². The largest absolute Gasteiger partial charge is 0.398 e. The fraction of sp³-hybridized carbons (Fsp3) is 0.538. The number of sulfonamides is 1. The van der Waals surface area contributed by atoms with Crippen molar-refractivity contribution < 1.29 is 17.9 Å². The van der Waals surface area contributed by atoms with Gasteiger partial charge in [-0.25, -0.2) is 13.1 Å². The lowest BCUT2D eigenvalue weighted by Gasteiger charge is -2.10. The van der Waals surface area contributed by atoms with Crippen LogP contribution >= 0.6 is 0 Å². The predicted octanol–water partition coefficient (Wildman–Crippen LogP) is 0.642. The number of nitrogen functional groups attached to an aromatic ring is 1. The summed E-state index contributed by atoms with van der Waals surface area (Å²) in [6.07, 6.45) is 0.834. The van der Waals surface area contributed by atoms with Crippen molar-refractivity contribution >= 4 is 21.4 Å². The first-order chi connectivity index (χ1) is 10.0. The zero-order chi connectivity index (χ0) is 15.7. The van der Waals surface area contributed by atoms with Crippen molar-refractivity contribution in [2.24, 2.45) is 0 Å². The van der Waals surface area contributed by atoms with Crippen molar-refractivity contribution in [1.82, 2.24) is 4.72 Å². The standard InChI is InChI=1S/C13H23N3O4S/c1-15-21(17,18)13-5-4-11(10-12(13)14)16-6-3-7-20-9-8-19-2/h4-5,10,15-16H,3,6-9,14H2,1-2H3. The lowest BCUT2D eigenvalue weighted by atomic mass is 10.2. The minimum atomic E-state index is -3.52. The van der Waals surface area contributed by atoms with E-state index in [4.69, 9.17) is 15.2 Å². The molecule has 0 aromatic heterocycles. The van der Waals surface area contributed by atoms with Crippen LogP contribution in [0.1, 0.15) is 6.42 Å². The summed E-state index contributed by atoms with van der Waals surface area (Å²) in [5.41, 5.74) is 6.76. The first-order valence-electron chi connectivity index (χ1n) is 6.65. The van der Waals surface area contributed by atoms with Crippen molar-refractivity contribution in [1.29, 1.82) is 0 Å². The van der Waals surface area contributed by atoms with Crippen LogP contribution < -0.4 is 15.8 Å². The highest BCUT2D eigenvalue weighted by Gasteiger charge is 2.14. The van der Waals surface area contributed by atoms with Crippen LogP contribution in [0.3, 0.4) is 0 Å². The molecule has 0 aliphatic rings. The molecule has 0 radical (unpaired) electrons. The van der Waals surface area contributed by atoms with Gasteiger partial charge in [0.1, 0.15) is 4.90 Å². The Morgan fingerprint density at radius 2 is 2.00 bits per heavy atom. The highest BCUT2D eigenvalue weighted by atomic mass is 32.2. The molecule has 0 aliphatic heterocycles. The zero-order valence-electron chi connectivity index (χ0n) is 12.4. The van der Waals surface area contributed by atoms with Crippen LogP contribution in [0.5, 0.6) is 0 Å². The highest BCUT2D eigenvalue weighted by Crippen LogP contribution is 2.22. The number of methoxy groups -OCH3 is 1. The first kappa shape index (κ1) is 17.7. The van der Waals surface area contributed by atoms with E-state index in [-0.39, 0.29) is 10.6 Å². The molecule has 0 heterocycles. The van der Waals surface area contributed by atoms with E-state index in [0.29, 0.717) is 26.4 Å². The number of ether oxygens (including phenoxy) is 2. The summed E-state index contributed by atoms with van der Waals surface area (Å²) in [7, 11) is -0.534. The van der Waals surface area contributed by atoms with Gasteiger partial charge in [-0.05, 0) is 31.7 Å². The molecule has 0 atom stereocenters. The van der Waals surface area contributed by atoms with Gasteiger partial charge in [-0.1, -0.05) is 0 Å². The van der Waals surface area contributed by atoms with E-state index >= 15 is 0 Å². The number of nitrogens with one attached hydrogen (secondary N) is 2. The second kappa shape index (κ2) is 8.83. The van der Waals surface area contributed by atoms with E-state index in [1.165, 1.54) is 13.1 Å². The zero-order valence-corrected chi connectivity index (χ0v) is 13.2. The molecule has 1 aromatic rings. The van der Waals surface area contributed by atoms with Gasteiger partial charge < -0.3 is 20.5 Å². The minimum absolute atomic E-state index is 0.0819. The minimum Gasteiger partial charge on any atom is -0.398 e. The second-order valence-electron chi connectivity index (χ2n) is 4.35. The van der Waals surface area contributed by atoms with Gasteiger partial charge >= 0.3 is 0 Å². The van der Waals surface area contributed by atoms with E-state index in [2.05, 4.69) is 10.0 Å². The smallest absolute Gasteiger partial charge is 0.242 e. The Morgan fingerprint density at radius 3 is 2.62 bits per heavy atom. The molecule has 21 heavy (non-hydrogen) atoms. The maximum Gasteiger partial charge on any atom is 0.242 e. The third kappa shape index (κ3) is 5.88. The average molecular weight is 317 g/mol. The van der Waals surface area contributed by atoms with E-state index < -0.39 is 10.0 Å². The Balaban J connectivity index is 2.43. The third-order valence-electron chi connectivity index (χ3n) is 2.79. The molecule has 0 saturated carbocycles. The van der Waals surface area contributed by atoms with E-state index in [1.807, 2.05) is 0 Å². The Morgan fingerprint density at radius 1 is 1.24 bits per heavy atom. The van der Waals surface area contributed by atoms with Gasteiger partial charge in [0.05, 0.1) is 18.9 Å². The van der Waals surface area contributed by atoms with E-state index in [0.717, 1.165) is 12.1 Å². The average Bonchev–Trinajstić information content (AvgIpc) is 2.46. The number of anilines is 2. The molecule has 1 aromatic carbocycles. The summed E-state index contributed by atoms with van der Waals surface area (Å²) >= 11 is 0. The summed E-state index contributed by atoms with van der Waals surface area (Å²) in [4.78, 5) is 0.0819. The van der Waals surface area contributed by atoms with Crippen LogP contribution in [0.25, 0.3) is 0 Å². The molecule has 8 heteroatoms. The van der Waals surface area contributed by atoms with Gasteiger partial charge in [-0.3, -0.25) is 0 Å². The molecular weight excluding hydrogens is 294 g/mol. The van der Waals surface area contributed by atoms with Crippen molar-refractivity contribution in [2.75, 3.05) is 51.6 Å². The van der Waals surface area contributed by atoms with Crippen LogP contribution in [0.15, 0.2) is 23.1 Å². The first-order valence-corrected chi connectivity index (χ1v) is 8.13. The topological polar surface area (TPSA) is 103 Å². The van der Waals surface area contributed by atoms with Gasteiger partial charge in [0.25, 0.3) is 0 Å². The molecule has 1 rings (SSSR count). The molecule has 0 unspecified atom stereocenters. The third-order valence-corrected chi connectivity index (χ3v) is 4.28. The molecule has 120 valence electrons. The maximum absolute atomic E-state index is 11.7. The predicted molar refractivity (Wildman–Crippen MR) is 82.9 cm³/mol. The highest BCUT2D eigenvalue weighted by molar-refractivity contribution is 7.89. The van der Waals surface area contributed by atoms with Gasteiger partial charge in [0.15, 0.2) is 0 Å². The molecule has 0 spiro atoms. The lowest BCUT2D eigenvalue weighted by molar-refractivity contribution is 0.0705. The lowest BCUT2D eigenvalue weighted by Crippen LogP contribution is -2.20. The Bertz CT molecular complexity index is 534. The number of benzene rings is 1. The van der Waals surface area contributed by atoms with Crippen LogP contribution in [-0.2, 0) is 19.5 Å². The monoisotopic (exact) mass is 317 g/mol. The summed E-state index contributed by atoms with van der Waals surface area (Å²) in [6.45, 7) is 2.52. The molecule has 4 N–H and O–H groups in total. The van der Waals surface area contributed by atoms with Crippen LogP contribution in [0, 0.1) is 0 Å². The van der Waals surface area contributed by atoms with Crippen molar-refractivity contribution in [3.8, 4) is 0 Å². The molecule has 0 aliphatic carbocycles. The quantitative estimate of drug-likeness (QED) is 0.432. The van der Waals surface area contributed by atoms with Gasteiger partial charge in [0.2, 0.25) is 10.0 Å². The summed E-state index contributed by atoms with van der Waals surface area (Å²) < 4.78 is 35.8. The van der Waals surface area contributed by atoms with E-state index in [9.17, 15) is 8.42 Å². The van der Waals surface area contributed by atoms with Crippen LogP contribution in [0.4, 0.5) is 11.4 Å². The number of hydrogen-bond acceptors (Lipinski definition) is 6. The summed E-state index contributed by atoms with van der Waals surface area (Å²) in [5.74, 6) is 0. The molecule has 0 fully saturated rings. The Kier molecular flexibility index (Phi) is 7.44. The van der Waals surface area contributed by atoms with Crippen molar-refractivity contribution in [3.05, 3.63) is 18.2 Å². The number of nitrogens with two attached hydrogens (primary N) is 1. The molecule has 0 amide bonds. The number of hydrogen-bond donors (Lipinski definition) is 3. The fourth-order valence-corrected chi connectivity index (χ4v) is 2.50. The van der Waals surface area contributed by atoms with Gasteiger partial charge in [-0.15, -0.1) is 0 Å².